The van der Waals surface area contributed by atoms with Crippen LogP contribution in [0.4, 0.5) is 10.1 Å². The number of nitrogens with zero attached hydrogens (tertiary/aromatic N) is 3. The molecule has 0 spiro atoms. The van der Waals surface area contributed by atoms with Gasteiger partial charge in [-0.25, -0.2) is 4.39 Å². The van der Waals surface area contributed by atoms with Crippen LogP contribution < -0.4 is 4.90 Å². The molecular formula is C13H14FN3O. The van der Waals surface area contributed by atoms with Gasteiger partial charge in [0.15, 0.2) is 6.29 Å². The van der Waals surface area contributed by atoms with E-state index in [4.69, 9.17) is 0 Å². The van der Waals surface area contributed by atoms with Crippen LogP contribution in [0.3, 0.4) is 0 Å². The summed E-state index contributed by atoms with van der Waals surface area (Å²) in [5.74, 6) is -0.500. The second-order valence-electron chi connectivity index (χ2n) is 4.17. The predicted octanol–water partition coefficient (Wildman–Crippen LogP) is 2.01. The van der Waals surface area contributed by atoms with E-state index < -0.39 is 5.82 Å². The summed E-state index contributed by atoms with van der Waals surface area (Å²) in [6, 6.07) is 4.60. The van der Waals surface area contributed by atoms with E-state index in [2.05, 4.69) is 5.10 Å². The minimum atomic E-state index is -0.500. The lowest BCUT2D eigenvalue weighted by molar-refractivity contribution is 0.112. The van der Waals surface area contributed by atoms with Crippen molar-refractivity contribution in [2.24, 2.45) is 7.05 Å². The number of rotatable bonds is 4. The Hall–Kier alpha value is -2.17. The zero-order chi connectivity index (χ0) is 13.1. The second kappa shape index (κ2) is 5.00. The molecular weight excluding hydrogens is 233 g/mol. The van der Waals surface area contributed by atoms with Gasteiger partial charge in [0, 0.05) is 32.4 Å². The van der Waals surface area contributed by atoms with Gasteiger partial charge in [0.1, 0.15) is 5.82 Å². The SMILES string of the molecule is CN(Cc1cnn(C)c1)c1cccc(F)c1C=O. The van der Waals surface area contributed by atoms with Crippen molar-refractivity contribution < 1.29 is 9.18 Å². The van der Waals surface area contributed by atoms with E-state index in [1.54, 1.807) is 23.0 Å². The Morgan fingerprint density at radius 3 is 2.89 bits per heavy atom. The fraction of sp³-hybridized carbons (Fsp3) is 0.231. The van der Waals surface area contributed by atoms with Crippen LogP contribution in [0.15, 0.2) is 30.6 Å². The molecule has 0 aliphatic carbocycles. The fourth-order valence-electron chi connectivity index (χ4n) is 1.89. The van der Waals surface area contributed by atoms with Gasteiger partial charge in [-0.15, -0.1) is 0 Å². The smallest absolute Gasteiger partial charge is 0.155 e. The van der Waals surface area contributed by atoms with E-state index in [9.17, 15) is 9.18 Å². The number of hydrogen-bond donors (Lipinski definition) is 0. The number of halogens is 1. The molecule has 0 N–H and O–H groups in total. The molecule has 0 amide bonds. The number of anilines is 1. The van der Waals surface area contributed by atoms with Crippen molar-refractivity contribution in [1.82, 2.24) is 9.78 Å². The third-order valence-electron chi connectivity index (χ3n) is 2.74. The van der Waals surface area contributed by atoms with Gasteiger partial charge in [0.2, 0.25) is 0 Å². The van der Waals surface area contributed by atoms with Crippen LogP contribution in [0.1, 0.15) is 15.9 Å². The number of aryl methyl sites for hydroxylation is 1. The Labute approximate surface area is 105 Å². The molecule has 2 aromatic rings. The average Bonchev–Trinajstić information content (AvgIpc) is 2.74. The van der Waals surface area contributed by atoms with Crippen molar-refractivity contribution >= 4 is 12.0 Å². The molecule has 0 atom stereocenters. The summed E-state index contributed by atoms with van der Waals surface area (Å²) >= 11 is 0. The highest BCUT2D eigenvalue weighted by molar-refractivity contribution is 5.84. The molecule has 0 saturated heterocycles. The zero-order valence-corrected chi connectivity index (χ0v) is 10.3. The van der Waals surface area contributed by atoms with Crippen molar-refractivity contribution in [3.63, 3.8) is 0 Å². The molecule has 1 aromatic carbocycles. The molecule has 0 bridgehead atoms. The summed E-state index contributed by atoms with van der Waals surface area (Å²) in [7, 11) is 3.65. The standard InChI is InChI=1S/C13H14FN3O/c1-16(7-10-6-15-17(2)8-10)13-5-3-4-12(14)11(13)9-18/h3-6,8-9H,7H2,1-2H3. The molecule has 0 aliphatic heterocycles. The normalized spacial score (nSPS) is 10.4. The molecule has 0 radical (unpaired) electrons. The number of hydrogen-bond acceptors (Lipinski definition) is 3. The summed E-state index contributed by atoms with van der Waals surface area (Å²) in [6.45, 7) is 0.568. The summed E-state index contributed by atoms with van der Waals surface area (Å²) in [5.41, 5.74) is 1.67. The molecule has 4 nitrogen and oxygen atoms in total. The molecule has 0 unspecified atom stereocenters. The van der Waals surface area contributed by atoms with Crippen LogP contribution in [0.25, 0.3) is 0 Å². The van der Waals surface area contributed by atoms with Crippen molar-refractivity contribution in [3.8, 4) is 0 Å². The van der Waals surface area contributed by atoms with Crippen molar-refractivity contribution in [2.75, 3.05) is 11.9 Å². The third kappa shape index (κ3) is 2.40. The molecule has 0 saturated carbocycles. The second-order valence-corrected chi connectivity index (χ2v) is 4.17. The maximum Gasteiger partial charge on any atom is 0.155 e. The molecule has 2 rings (SSSR count). The third-order valence-corrected chi connectivity index (χ3v) is 2.74. The lowest BCUT2D eigenvalue weighted by Gasteiger charge is -2.20. The molecule has 5 heteroatoms. The van der Waals surface area contributed by atoms with Gasteiger partial charge in [-0.3, -0.25) is 9.48 Å². The van der Waals surface area contributed by atoms with Crippen LogP contribution in [0.2, 0.25) is 0 Å². The fourth-order valence-corrected chi connectivity index (χ4v) is 1.89. The predicted molar refractivity (Wildman–Crippen MR) is 67.1 cm³/mol. The van der Waals surface area contributed by atoms with Gasteiger partial charge in [0.25, 0.3) is 0 Å². The number of aldehydes is 1. The first kappa shape index (κ1) is 12.3. The van der Waals surface area contributed by atoms with Crippen LogP contribution in [-0.2, 0) is 13.6 Å². The number of carbonyl (C=O) groups is 1. The lowest BCUT2D eigenvalue weighted by atomic mass is 10.1. The number of carbonyl (C=O) groups excluding carboxylic acids is 1. The number of aromatic nitrogens is 2. The summed E-state index contributed by atoms with van der Waals surface area (Å²) in [4.78, 5) is 12.7. The van der Waals surface area contributed by atoms with E-state index in [1.807, 2.05) is 25.2 Å². The minimum Gasteiger partial charge on any atom is -0.369 e. The first-order valence-electron chi connectivity index (χ1n) is 5.54. The quantitative estimate of drug-likeness (QED) is 0.776. The highest BCUT2D eigenvalue weighted by Gasteiger charge is 2.12. The van der Waals surface area contributed by atoms with E-state index in [0.29, 0.717) is 18.5 Å². The maximum absolute atomic E-state index is 13.5. The van der Waals surface area contributed by atoms with Gasteiger partial charge < -0.3 is 4.90 Å². The Morgan fingerprint density at radius 2 is 2.28 bits per heavy atom. The van der Waals surface area contributed by atoms with Crippen LogP contribution in [0, 0.1) is 5.82 Å². The van der Waals surface area contributed by atoms with Crippen molar-refractivity contribution in [2.45, 2.75) is 6.54 Å². The lowest BCUT2D eigenvalue weighted by Crippen LogP contribution is -2.18. The summed E-state index contributed by atoms with van der Waals surface area (Å²) in [5, 5.41) is 4.07. The van der Waals surface area contributed by atoms with Crippen LogP contribution >= 0.6 is 0 Å². The monoisotopic (exact) mass is 247 g/mol. The average molecular weight is 247 g/mol. The molecule has 1 heterocycles. The minimum absolute atomic E-state index is 0.0869. The van der Waals surface area contributed by atoms with E-state index in [0.717, 1.165) is 5.56 Å². The van der Waals surface area contributed by atoms with Gasteiger partial charge in [-0.1, -0.05) is 6.07 Å². The first-order chi connectivity index (χ1) is 8.61. The van der Waals surface area contributed by atoms with Crippen LogP contribution in [0.5, 0.6) is 0 Å². The molecule has 94 valence electrons. The zero-order valence-electron chi connectivity index (χ0n) is 10.3. The molecule has 1 aromatic heterocycles. The first-order valence-corrected chi connectivity index (χ1v) is 5.54. The van der Waals surface area contributed by atoms with Crippen molar-refractivity contribution in [1.29, 1.82) is 0 Å². The Bertz CT molecular complexity index is 565. The van der Waals surface area contributed by atoms with Gasteiger partial charge in [0.05, 0.1) is 17.4 Å². The highest BCUT2D eigenvalue weighted by atomic mass is 19.1. The Morgan fingerprint density at radius 1 is 1.50 bits per heavy atom. The molecule has 0 aliphatic rings. The largest absolute Gasteiger partial charge is 0.369 e. The summed E-state index contributed by atoms with van der Waals surface area (Å²) in [6.07, 6.45) is 4.18. The summed E-state index contributed by atoms with van der Waals surface area (Å²) < 4.78 is 15.2. The number of benzene rings is 1. The van der Waals surface area contributed by atoms with Gasteiger partial charge in [-0.2, -0.15) is 5.10 Å². The topological polar surface area (TPSA) is 38.1 Å². The van der Waals surface area contributed by atoms with E-state index >= 15 is 0 Å². The van der Waals surface area contributed by atoms with Crippen LogP contribution in [-0.4, -0.2) is 23.1 Å². The van der Waals surface area contributed by atoms with Gasteiger partial charge in [-0.05, 0) is 12.1 Å². The van der Waals surface area contributed by atoms with Gasteiger partial charge >= 0.3 is 0 Å². The Balaban J connectivity index is 2.26. The molecule has 18 heavy (non-hydrogen) atoms. The highest BCUT2D eigenvalue weighted by Crippen LogP contribution is 2.21. The van der Waals surface area contributed by atoms with E-state index in [-0.39, 0.29) is 5.56 Å². The van der Waals surface area contributed by atoms with E-state index in [1.165, 1.54) is 6.07 Å². The maximum atomic E-state index is 13.5. The molecule has 0 fully saturated rings. The van der Waals surface area contributed by atoms with Crippen molar-refractivity contribution in [3.05, 3.63) is 47.5 Å². The Kier molecular flexibility index (Phi) is 3.41.